The first-order valence-electron chi connectivity index (χ1n) is 12.3. The fourth-order valence-electron chi connectivity index (χ4n) is 5.82. The highest BCUT2D eigenvalue weighted by Gasteiger charge is 2.42. The van der Waals surface area contributed by atoms with Gasteiger partial charge in [0.25, 0.3) is 5.91 Å². The highest BCUT2D eigenvalue weighted by molar-refractivity contribution is 6.05. The highest BCUT2D eigenvalue weighted by atomic mass is 19.3. The Morgan fingerprint density at radius 1 is 1.08 bits per heavy atom. The third-order valence-corrected chi connectivity index (χ3v) is 7.47. The normalized spacial score (nSPS) is 21.5. The summed E-state index contributed by atoms with van der Waals surface area (Å²) in [7, 11) is 0. The molecule has 0 aliphatic heterocycles. The van der Waals surface area contributed by atoms with E-state index in [1.54, 1.807) is 42.5 Å². The molecule has 5 rings (SSSR count). The number of pyridine rings is 1. The summed E-state index contributed by atoms with van der Waals surface area (Å²) in [5, 5.41) is 3.61. The smallest absolute Gasteiger partial charge is 0.387 e. The summed E-state index contributed by atoms with van der Waals surface area (Å²) in [5.41, 5.74) is 1.94. The number of nitrogens with zero attached hydrogens (tertiary/aromatic N) is 1. The van der Waals surface area contributed by atoms with E-state index in [9.17, 15) is 18.4 Å². The number of aromatic nitrogens is 1. The number of alkyl halides is 2. The first-order chi connectivity index (χ1) is 17.4. The standard InChI is InChI=1S/C28H28F2N2O4/c1-16(22-13-17-6-7-19(22)12-17)31-26(33)15-35-27(34)23-14-25(32-24-5-3-2-4-21(23)24)18-8-10-20(11-9-18)36-28(29)30/h2-5,8-11,14,16-17,19,22,28H,6-7,12-13,15H2,1H3,(H,31,33). The van der Waals surface area contributed by atoms with Crippen molar-refractivity contribution in [1.82, 2.24) is 10.3 Å². The Hall–Kier alpha value is -3.55. The van der Waals surface area contributed by atoms with E-state index in [1.807, 2.05) is 6.92 Å². The lowest BCUT2D eigenvalue weighted by Crippen LogP contribution is -2.42. The van der Waals surface area contributed by atoms with Crippen molar-refractivity contribution in [1.29, 1.82) is 0 Å². The Bertz CT molecular complexity index is 1260. The molecular weight excluding hydrogens is 466 g/mol. The second-order valence-electron chi connectivity index (χ2n) is 9.75. The Morgan fingerprint density at radius 3 is 2.56 bits per heavy atom. The lowest BCUT2D eigenvalue weighted by atomic mass is 9.84. The molecule has 36 heavy (non-hydrogen) atoms. The third kappa shape index (κ3) is 5.17. The van der Waals surface area contributed by atoms with Crippen molar-refractivity contribution in [2.24, 2.45) is 17.8 Å². The van der Waals surface area contributed by atoms with E-state index in [0.29, 0.717) is 34.0 Å². The number of ether oxygens (including phenoxy) is 2. The van der Waals surface area contributed by atoms with E-state index in [1.165, 1.54) is 31.4 Å². The van der Waals surface area contributed by atoms with Gasteiger partial charge in [0, 0.05) is 17.0 Å². The molecule has 2 bridgehead atoms. The Labute approximate surface area is 208 Å². The summed E-state index contributed by atoms with van der Waals surface area (Å²) in [4.78, 5) is 30.2. The van der Waals surface area contributed by atoms with Crippen molar-refractivity contribution < 1.29 is 27.8 Å². The lowest BCUT2D eigenvalue weighted by molar-refractivity contribution is -0.125. The molecule has 0 saturated heterocycles. The summed E-state index contributed by atoms with van der Waals surface area (Å²) >= 11 is 0. The van der Waals surface area contributed by atoms with Gasteiger partial charge in [-0.1, -0.05) is 24.6 Å². The van der Waals surface area contributed by atoms with Gasteiger partial charge >= 0.3 is 12.6 Å². The van der Waals surface area contributed by atoms with Gasteiger partial charge in [-0.15, -0.1) is 0 Å². The second kappa shape index (κ2) is 10.2. The summed E-state index contributed by atoms with van der Waals surface area (Å²) in [6.45, 7) is -1.24. The molecule has 6 nitrogen and oxygen atoms in total. The Balaban J connectivity index is 1.29. The van der Waals surface area contributed by atoms with Crippen LogP contribution in [0.4, 0.5) is 8.78 Å². The maximum Gasteiger partial charge on any atom is 0.387 e. The van der Waals surface area contributed by atoms with E-state index < -0.39 is 12.6 Å². The number of esters is 1. The molecule has 1 aromatic heterocycles. The molecule has 1 N–H and O–H groups in total. The predicted octanol–water partition coefficient (Wildman–Crippen LogP) is 5.60. The zero-order valence-electron chi connectivity index (χ0n) is 20.0. The number of halogens is 2. The van der Waals surface area contributed by atoms with Crippen LogP contribution in [0.25, 0.3) is 22.2 Å². The average molecular weight is 495 g/mol. The quantitative estimate of drug-likeness (QED) is 0.413. The molecule has 0 spiro atoms. The minimum absolute atomic E-state index is 0.0276. The van der Waals surface area contributed by atoms with Crippen LogP contribution < -0.4 is 10.1 Å². The van der Waals surface area contributed by atoms with Gasteiger partial charge in [-0.2, -0.15) is 8.78 Å². The van der Waals surface area contributed by atoms with Gasteiger partial charge in [-0.25, -0.2) is 9.78 Å². The molecule has 1 heterocycles. The number of rotatable bonds is 8. The van der Waals surface area contributed by atoms with Crippen LogP contribution >= 0.6 is 0 Å². The zero-order valence-corrected chi connectivity index (χ0v) is 20.0. The predicted molar refractivity (Wildman–Crippen MR) is 131 cm³/mol. The number of para-hydroxylation sites is 1. The molecule has 2 aliphatic rings. The van der Waals surface area contributed by atoms with Crippen LogP contribution in [0.3, 0.4) is 0 Å². The molecule has 2 saturated carbocycles. The Morgan fingerprint density at radius 2 is 1.86 bits per heavy atom. The first kappa shape index (κ1) is 24.2. The van der Waals surface area contributed by atoms with Gasteiger partial charge in [0.2, 0.25) is 0 Å². The zero-order chi connectivity index (χ0) is 25.2. The maximum absolute atomic E-state index is 13.0. The van der Waals surface area contributed by atoms with Crippen LogP contribution in [0.1, 0.15) is 43.0 Å². The van der Waals surface area contributed by atoms with Crippen LogP contribution in [-0.2, 0) is 9.53 Å². The van der Waals surface area contributed by atoms with Crippen molar-refractivity contribution in [3.05, 3.63) is 60.2 Å². The van der Waals surface area contributed by atoms with E-state index in [0.717, 1.165) is 12.3 Å². The summed E-state index contributed by atoms with van der Waals surface area (Å²) < 4.78 is 34.7. The molecular formula is C28H28F2N2O4. The fraction of sp³-hybridized carbons (Fsp3) is 0.393. The summed E-state index contributed by atoms with van der Waals surface area (Å²) in [5.74, 6) is 1.05. The number of carbonyl (C=O) groups excluding carboxylic acids is 2. The molecule has 2 aliphatic carbocycles. The van der Waals surface area contributed by atoms with Gasteiger partial charge < -0.3 is 14.8 Å². The molecule has 2 aromatic carbocycles. The van der Waals surface area contributed by atoms with Gasteiger partial charge in [-0.05, 0) is 80.3 Å². The van der Waals surface area contributed by atoms with E-state index >= 15 is 0 Å². The van der Waals surface area contributed by atoms with E-state index in [4.69, 9.17) is 4.74 Å². The summed E-state index contributed by atoms with van der Waals surface area (Å²) in [6, 6.07) is 14.8. The average Bonchev–Trinajstić information content (AvgIpc) is 3.51. The Kier molecular flexibility index (Phi) is 6.85. The number of carbonyl (C=O) groups is 2. The molecule has 4 atom stereocenters. The monoisotopic (exact) mass is 494 g/mol. The molecule has 0 radical (unpaired) electrons. The van der Waals surface area contributed by atoms with Crippen molar-refractivity contribution in [2.75, 3.05) is 6.61 Å². The number of hydrogen-bond donors (Lipinski definition) is 1. The number of hydrogen-bond acceptors (Lipinski definition) is 5. The van der Waals surface area contributed by atoms with Crippen LogP contribution in [0.5, 0.6) is 5.75 Å². The van der Waals surface area contributed by atoms with Crippen molar-refractivity contribution in [2.45, 2.75) is 45.3 Å². The number of benzene rings is 2. The maximum atomic E-state index is 13.0. The van der Waals surface area contributed by atoms with Crippen LogP contribution in [0, 0.1) is 17.8 Å². The van der Waals surface area contributed by atoms with E-state index in [-0.39, 0.29) is 29.9 Å². The topological polar surface area (TPSA) is 77.5 Å². The van der Waals surface area contributed by atoms with Crippen LogP contribution in [-0.4, -0.2) is 36.1 Å². The second-order valence-corrected chi connectivity index (χ2v) is 9.75. The van der Waals surface area contributed by atoms with Crippen LogP contribution in [0.2, 0.25) is 0 Å². The number of fused-ring (bicyclic) bond motifs is 3. The van der Waals surface area contributed by atoms with E-state index in [2.05, 4.69) is 15.0 Å². The van der Waals surface area contributed by atoms with Gasteiger partial charge in [0.15, 0.2) is 6.61 Å². The molecule has 188 valence electrons. The van der Waals surface area contributed by atoms with Crippen LogP contribution in [0.15, 0.2) is 54.6 Å². The summed E-state index contributed by atoms with van der Waals surface area (Å²) in [6.07, 6.45) is 4.96. The largest absolute Gasteiger partial charge is 0.452 e. The molecule has 1 amide bonds. The number of nitrogens with one attached hydrogen (secondary N) is 1. The van der Waals surface area contributed by atoms with Crippen molar-refractivity contribution in [3.8, 4) is 17.0 Å². The van der Waals surface area contributed by atoms with Crippen molar-refractivity contribution in [3.63, 3.8) is 0 Å². The van der Waals surface area contributed by atoms with Crippen molar-refractivity contribution >= 4 is 22.8 Å². The van der Waals surface area contributed by atoms with Gasteiger partial charge in [-0.3, -0.25) is 4.79 Å². The first-order valence-corrected chi connectivity index (χ1v) is 12.3. The number of amides is 1. The van der Waals surface area contributed by atoms with Gasteiger partial charge in [0.1, 0.15) is 5.75 Å². The minimum Gasteiger partial charge on any atom is -0.452 e. The molecule has 2 fully saturated rings. The highest BCUT2D eigenvalue weighted by Crippen LogP contribution is 2.49. The molecule has 8 heteroatoms. The SMILES string of the molecule is CC(NC(=O)COC(=O)c1cc(-c2ccc(OC(F)F)cc2)nc2ccccc12)C1CC2CCC1C2. The molecule has 4 unspecified atom stereocenters. The third-order valence-electron chi connectivity index (χ3n) is 7.47. The van der Waals surface area contributed by atoms with Gasteiger partial charge in [0.05, 0.1) is 16.8 Å². The molecule has 3 aromatic rings. The lowest BCUT2D eigenvalue weighted by Gasteiger charge is -2.28. The fourth-order valence-corrected chi connectivity index (χ4v) is 5.82. The minimum atomic E-state index is -2.91.